The number of aromatic amines is 1. The first kappa shape index (κ1) is 17.4. The van der Waals surface area contributed by atoms with Crippen LogP contribution in [0.15, 0.2) is 60.9 Å². The predicted octanol–water partition coefficient (Wildman–Crippen LogP) is 3.87. The van der Waals surface area contributed by atoms with Crippen LogP contribution in [0.25, 0.3) is 22.6 Å². The molecule has 29 heavy (non-hydrogen) atoms. The number of benzene rings is 1. The molecule has 1 saturated heterocycles. The summed E-state index contributed by atoms with van der Waals surface area (Å²) < 4.78 is 0. The molecule has 0 radical (unpaired) electrons. The van der Waals surface area contributed by atoms with Gasteiger partial charge in [-0.1, -0.05) is 6.07 Å². The summed E-state index contributed by atoms with van der Waals surface area (Å²) in [5, 5.41) is 2.93. The third-order valence-corrected chi connectivity index (χ3v) is 5.09. The van der Waals surface area contributed by atoms with Gasteiger partial charge in [0.05, 0.1) is 16.6 Å². The SMILES string of the molecule is O=C(Nc1ccc2nc(-c3ccccn3)[nH]c2c1)c1ccc(N2CCCC2)nc1. The molecule has 1 aromatic carbocycles. The van der Waals surface area contributed by atoms with Crippen molar-refractivity contribution >= 4 is 28.4 Å². The molecular formula is C22H20N6O. The molecule has 0 saturated carbocycles. The van der Waals surface area contributed by atoms with Crippen molar-refractivity contribution in [1.82, 2.24) is 19.9 Å². The fourth-order valence-electron chi connectivity index (χ4n) is 3.57. The number of nitrogens with zero attached hydrogens (tertiary/aromatic N) is 4. The largest absolute Gasteiger partial charge is 0.357 e. The summed E-state index contributed by atoms with van der Waals surface area (Å²) in [6.45, 7) is 2.06. The number of carbonyl (C=O) groups excluding carboxylic acids is 1. The first-order valence-electron chi connectivity index (χ1n) is 9.70. The summed E-state index contributed by atoms with van der Waals surface area (Å²) in [4.78, 5) is 31.4. The zero-order valence-electron chi connectivity index (χ0n) is 15.8. The number of carbonyl (C=O) groups is 1. The van der Waals surface area contributed by atoms with E-state index >= 15 is 0 Å². The molecule has 1 amide bonds. The van der Waals surface area contributed by atoms with Crippen LogP contribution in [-0.2, 0) is 0 Å². The minimum absolute atomic E-state index is 0.186. The lowest BCUT2D eigenvalue weighted by Crippen LogP contribution is -2.19. The summed E-state index contributed by atoms with van der Waals surface area (Å²) >= 11 is 0. The minimum Gasteiger partial charge on any atom is -0.357 e. The third-order valence-electron chi connectivity index (χ3n) is 5.09. The second kappa shape index (κ2) is 7.35. The molecule has 0 spiro atoms. The lowest BCUT2D eigenvalue weighted by Gasteiger charge is -2.16. The van der Waals surface area contributed by atoms with Gasteiger partial charge in [-0.25, -0.2) is 9.97 Å². The molecule has 0 bridgehead atoms. The monoisotopic (exact) mass is 384 g/mol. The molecule has 1 fully saturated rings. The van der Waals surface area contributed by atoms with E-state index in [2.05, 4.69) is 30.2 Å². The van der Waals surface area contributed by atoms with Crippen molar-refractivity contribution in [1.29, 1.82) is 0 Å². The Balaban J connectivity index is 1.33. The fourth-order valence-corrected chi connectivity index (χ4v) is 3.57. The van der Waals surface area contributed by atoms with Crippen molar-refractivity contribution < 1.29 is 4.79 Å². The number of rotatable bonds is 4. The van der Waals surface area contributed by atoms with Gasteiger partial charge in [-0.05, 0) is 55.3 Å². The molecule has 0 aliphatic carbocycles. The number of anilines is 2. The van der Waals surface area contributed by atoms with Gasteiger partial charge in [0, 0.05) is 31.2 Å². The van der Waals surface area contributed by atoms with E-state index in [1.54, 1.807) is 12.4 Å². The first-order valence-corrected chi connectivity index (χ1v) is 9.70. The normalized spacial score (nSPS) is 13.7. The molecule has 0 atom stereocenters. The van der Waals surface area contributed by atoms with Gasteiger partial charge < -0.3 is 15.2 Å². The number of fused-ring (bicyclic) bond motifs is 1. The Bertz CT molecular complexity index is 1150. The highest BCUT2D eigenvalue weighted by molar-refractivity contribution is 6.04. The Kier molecular flexibility index (Phi) is 4.40. The number of aromatic nitrogens is 4. The van der Waals surface area contributed by atoms with Crippen molar-refractivity contribution in [2.75, 3.05) is 23.3 Å². The average molecular weight is 384 g/mol. The quantitative estimate of drug-likeness (QED) is 0.558. The summed E-state index contributed by atoms with van der Waals surface area (Å²) in [5.74, 6) is 1.44. The van der Waals surface area contributed by atoms with Gasteiger partial charge in [0.15, 0.2) is 5.82 Å². The maximum Gasteiger partial charge on any atom is 0.257 e. The van der Waals surface area contributed by atoms with Crippen LogP contribution in [0.3, 0.4) is 0 Å². The lowest BCUT2D eigenvalue weighted by molar-refractivity contribution is 0.102. The number of nitrogens with one attached hydrogen (secondary N) is 2. The van der Waals surface area contributed by atoms with Crippen LogP contribution in [-0.4, -0.2) is 38.9 Å². The fraction of sp³-hybridized carbons (Fsp3) is 0.182. The highest BCUT2D eigenvalue weighted by atomic mass is 16.1. The van der Waals surface area contributed by atoms with E-state index in [1.165, 1.54) is 12.8 Å². The zero-order chi connectivity index (χ0) is 19.6. The molecule has 7 nitrogen and oxygen atoms in total. The van der Waals surface area contributed by atoms with Gasteiger partial charge in [0.1, 0.15) is 11.5 Å². The number of amides is 1. The van der Waals surface area contributed by atoms with Gasteiger partial charge in [-0.3, -0.25) is 9.78 Å². The second-order valence-corrected chi connectivity index (χ2v) is 7.09. The van der Waals surface area contributed by atoms with E-state index in [1.807, 2.05) is 48.5 Å². The molecule has 2 N–H and O–H groups in total. The molecule has 4 aromatic rings. The number of H-pyrrole nitrogens is 1. The van der Waals surface area contributed by atoms with Crippen LogP contribution < -0.4 is 10.2 Å². The molecule has 1 aliphatic rings. The minimum atomic E-state index is -0.186. The van der Waals surface area contributed by atoms with E-state index in [4.69, 9.17) is 0 Å². The summed E-state index contributed by atoms with van der Waals surface area (Å²) in [7, 11) is 0. The molecule has 5 rings (SSSR count). The van der Waals surface area contributed by atoms with Crippen molar-refractivity contribution in [3.05, 3.63) is 66.5 Å². The zero-order valence-corrected chi connectivity index (χ0v) is 15.8. The Hall–Kier alpha value is -3.74. The summed E-state index contributed by atoms with van der Waals surface area (Å²) in [6, 6.07) is 15.0. The maximum atomic E-state index is 12.6. The molecule has 4 heterocycles. The predicted molar refractivity (Wildman–Crippen MR) is 113 cm³/mol. The van der Waals surface area contributed by atoms with Gasteiger partial charge in [-0.2, -0.15) is 0 Å². The maximum absolute atomic E-state index is 12.6. The van der Waals surface area contributed by atoms with E-state index in [0.29, 0.717) is 17.1 Å². The molecule has 1 aliphatic heterocycles. The Morgan fingerprint density at radius 3 is 2.69 bits per heavy atom. The number of hydrogen-bond acceptors (Lipinski definition) is 5. The van der Waals surface area contributed by atoms with Crippen LogP contribution in [0.4, 0.5) is 11.5 Å². The van der Waals surface area contributed by atoms with Gasteiger partial charge >= 0.3 is 0 Å². The van der Waals surface area contributed by atoms with E-state index in [9.17, 15) is 4.79 Å². The Labute approximate surface area is 167 Å². The van der Waals surface area contributed by atoms with Crippen LogP contribution in [0.1, 0.15) is 23.2 Å². The van der Waals surface area contributed by atoms with E-state index < -0.39 is 0 Å². The molecular weight excluding hydrogens is 364 g/mol. The summed E-state index contributed by atoms with van der Waals surface area (Å²) in [5.41, 5.74) is 3.67. The average Bonchev–Trinajstić information content (AvgIpc) is 3.44. The van der Waals surface area contributed by atoms with Crippen LogP contribution in [0.2, 0.25) is 0 Å². The van der Waals surface area contributed by atoms with Crippen molar-refractivity contribution in [3.63, 3.8) is 0 Å². The van der Waals surface area contributed by atoms with E-state index in [0.717, 1.165) is 35.6 Å². The van der Waals surface area contributed by atoms with Crippen LogP contribution >= 0.6 is 0 Å². The van der Waals surface area contributed by atoms with Gasteiger partial charge in [-0.15, -0.1) is 0 Å². The Morgan fingerprint density at radius 2 is 1.93 bits per heavy atom. The smallest absolute Gasteiger partial charge is 0.257 e. The number of pyridine rings is 2. The van der Waals surface area contributed by atoms with Crippen LogP contribution in [0, 0.1) is 0 Å². The van der Waals surface area contributed by atoms with E-state index in [-0.39, 0.29) is 5.91 Å². The first-order chi connectivity index (χ1) is 14.3. The van der Waals surface area contributed by atoms with Crippen LogP contribution in [0.5, 0.6) is 0 Å². The van der Waals surface area contributed by atoms with Crippen molar-refractivity contribution in [2.24, 2.45) is 0 Å². The highest BCUT2D eigenvalue weighted by Crippen LogP contribution is 2.22. The number of imidazole rings is 1. The molecule has 0 unspecified atom stereocenters. The third kappa shape index (κ3) is 3.54. The second-order valence-electron chi connectivity index (χ2n) is 7.09. The standard InChI is InChI=1S/C22H20N6O/c29-22(15-6-9-20(24-14-15)28-11-3-4-12-28)25-16-7-8-17-19(13-16)27-21(26-17)18-5-1-2-10-23-18/h1-2,5-10,13-14H,3-4,11-12H2,(H,25,29)(H,26,27). The van der Waals surface area contributed by atoms with Crippen molar-refractivity contribution in [3.8, 4) is 11.5 Å². The topological polar surface area (TPSA) is 86.8 Å². The highest BCUT2D eigenvalue weighted by Gasteiger charge is 2.15. The molecule has 7 heteroatoms. The lowest BCUT2D eigenvalue weighted by atomic mass is 10.2. The number of hydrogen-bond donors (Lipinski definition) is 2. The van der Waals surface area contributed by atoms with Gasteiger partial charge in [0.25, 0.3) is 5.91 Å². The molecule has 3 aromatic heterocycles. The van der Waals surface area contributed by atoms with Crippen molar-refractivity contribution in [2.45, 2.75) is 12.8 Å². The van der Waals surface area contributed by atoms with Gasteiger partial charge in [0.2, 0.25) is 0 Å². The Morgan fingerprint density at radius 1 is 1.03 bits per heavy atom. The summed E-state index contributed by atoms with van der Waals surface area (Å²) in [6.07, 6.45) is 5.76. The molecule has 144 valence electrons.